The van der Waals surface area contributed by atoms with E-state index in [2.05, 4.69) is 27.6 Å². The fourth-order valence-electron chi connectivity index (χ4n) is 1.97. The number of nitrogens with zero attached hydrogens (tertiary/aromatic N) is 2. The molecule has 2 heterocycles. The Bertz CT molecular complexity index is 460. The maximum absolute atomic E-state index is 4.28. The van der Waals surface area contributed by atoms with Crippen LogP contribution in [-0.2, 0) is 0 Å². The van der Waals surface area contributed by atoms with Gasteiger partial charge in [-0.25, -0.2) is 0 Å². The van der Waals surface area contributed by atoms with Crippen LogP contribution in [-0.4, -0.2) is 16.7 Å². The summed E-state index contributed by atoms with van der Waals surface area (Å²) in [4.78, 5) is 0. The SMILES string of the molecule is c1ccc(-c2nnc(C3CCCN3)s2)cc1. The van der Waals surface area contributed by atoms with E-state index in [1.807, 2.05) is 18.2 Å². The van der Waals surface area contributed by atoms with E-state index >= 15 is 0 Å². The van der Waals surface area contributed by atoms with Gasteiger partial charge in [-0.2, -0.15) is 0 Å². The topological polar surface area (TPSA) is 37.8 Å². The van der Waals surface area contributed by atoms with Gasteiger partial charge < -0.3 is 5.32 Å². The normalized spacial score (nSPS) is 20.1. The van der Waals surface area contributed by atoms with Gasteiger partial charge in [-0.1, -0.05) is 41.7 Å². The summed E-state index contributed by atoms with van der Waals surface area (Å²) in [7, 11) is 0. The van der Waals surface area contributed by atoms with Crippen molar-refractivity contribution in [1.29, 1.82) is 0 Å². The second-order valence-corrected chi connectivity index (χ2v) is 4.97. The Morgan fingerprint density at radius 2 is 2.06 bits per heavy atom. The molecule has 1 atom stereocenters. The third-order valence-corrected chi connectivity index (χ3v) is 3.91. The summed E-state index contributed by atoms with van der Waals surface area (Å²) in [6.07, 6.45) is 2.42. The Labute approximate surface area is 98.5 Å². The van der Waals surface area contributed by atoms with Crippen molar-refractivity contribution < 1.29 is 0 Å². The predicted octanol–water partition coefficient (Wildman–Crippen LogP) is 2.63. The number of hydrogen-bond donors (Lipinski definition) is 1. The van der Waals surface area contributed by atoms with Crippen molar-refractivity contribution in [3.05, 3.63) is 35.3 Å². The van der Waals surface area contributed by atoms with Crippen molar-refractivity contribution in [2.75, 3.05) is 6.54 Å². The van der Waals surface area contributed by atoms with Crippen LogP contribution in [0.2, 0.25) is 0 Å². The van der Waals surface area contributed by atoms with Gasteiger partial charge in [0.15, 0.2) is 0 Å². The monoisotopic (exact) mass is 231 g/mol. The Hall–Kier alpha value is -1.26. The highest BCUT2D eigenvalue weighted by molar-refractivity contribution is 7.14. The quantitative estimate of drug-likeness (QED) is 0.863. The van der Waals surface area contributed by atoms with Gasteiger partial charge in [-0.15, -0.1) is 10.2 Å². The molecule has 1 aliphatic heterocycles. The van der Waals surface area contributed by atoms with Crippen molar-refractivity contribution in [1.82, 2.24) is 15.5 Å². The van der Waals surface area contributed by atoms with E-state index in [1.165, 1.54) is 12.8 Å². The minimum atomic E-state index is 0.426. The summed E-state index contributed by atoms with van der Waals surface area (Å²) in [6, 6.07) is 10.7. The first-order valence-corrected chi connectivity index (χ1v) is 6.37. The van der Waals surface area contributed by atoms with Gasteiger partial charge in [0.25, 0.3) is 0 Å². The Morgan fingerprint density at radius 1 is 1.19 bits per heavy atom. The largest absolute Gasteiger partial charge is 0.308 e. The zero-order valence-corrected chi connectivity index (χ0v) is 9.70. The molecule has 1 N–H and O–H groups in total. The van der Waals surface area contributed by atoms with Crippen LogP contribution in [0.15, 0.2) is 30.3 Å². The van der Waals surface area contributed by atoms with Crippen LogP contribution in [0, 0.1) is 0 Å². The minimum absolute atomic E-state index is 0.426. The second-order valence-electron chi connectivity index (χ2n) is 3.96. The average Bonchev–Trinajstić information content (AvgIpc) is 3.01. The smallest absolute Gasteiger partial charge is 0.147 e. The van der Waals surface area contributed by atoms with Gasteiger partial charge in [-0.3, -0.25) is 0 Å². The van der Waals surface area contributed by atoms with Crippen molar-refractivity contribution >= 4 is 11.3 Å². The zero-order chi connectivity index (χ0) is 10.8. The number of hydrogen-bond acceptors (Lipinski definition) is 4. The lowest BCUT2D eigenvalue weighted by Crippen LogP contribution is -2.12. The molecule has 3 rings (SSSR count). The Morgan fingerprint density at radius 3 is 2.81 bits per heavy atom. The summed E-state index contributed by atoms with van der Waals surface area (Å²) in [6.45, 7) is 1.10. The van der Waals surface area contributed by atoms with Crippen LogP contribution in [0.25, 0.3) is 10.6 Å². The van der Waals surface area contributed by atoms with E-state index in [-0.39, 0.29) is 0 Å². The molecule has 82 valence electrons. The molecular formula is C12H13N3S. The first-order chi connectivity index (χ1) is 7.93. The summed E-state index contributed by atoms with van der Waals surface area (Å²) >= 11 is 1.70. The first-order valence-electron chi connectivity index (χ1n) is 5.56. The van der Waals surface area contributed by atoms with Gasteiger partial charge >= 0.3 is 0 Å². The first kappa shape index (κ1) is 9.93. The molecule has 2 aromatic rings. The van der Waals surface area contributed by atoms with Gasteiger partial charge in [0.05, 0.1) is 6.04 Å². The standard InChI is InChI=1S/C12H13N3S/c1-2-5-9(6-3-1)11-14-15-12(16-11)10-7-4-8-13-10/h1-3,5-6,10,13H,4,7-8H2. The molecule has 4 heteroatoms. The predicted molar refractivity (Wildman–Crippen MR) is 65.3 cm³/mol. The molecule has 3 nitrogen and oxygen atoms in total. The number of nitrogens with one attached hydrogen (secondary N) is 1. The van der Waals surface area contributed by atoms with Crippen LogP contribution < -0.4 is 5.32 Å². The summed E-state index contributed by atoms with van der Waals surface area (Å²) < 4.78 is 0. The number of rotatable bonds is 2. The third-order valence-electron chi connectivity index (χ3n) is 2.82. The molecule has 0 radical (unpaired) electrons. The van der Waals surface area contributed by atoms with Gasteiger partial charge in [0.2, 0.25) is 0 Å². The molecule has 0 spiro atoms. The molecule has 1 saturated heterocycles. The molecule has 1 aromatic heterocycles. The van der Waals surface area contributed by atoms with Crippen LogP contribution in [0.1, 0.15) is 23.9 Å². The lowest BCUT2D eigenvalue weighted by molar-refractivity contribution is 0.635. The van der Waals surface area contributed by atoms with Crippen LogP contribution in [0.5, 0.6) is 0 Å². The molecule has 0 bridgehead atoms. The van der Waals surface area contributed by atoms with Crippen LogP contribution >= 0.6 is 11.3 Å². The maximum Gasteiger partial charge on any atom is 0.147 e. The molecular weight excluding hydrogens is 218 g/mol. The van der Waals surface area contributed by atoms with Crippen molar-refractivity contribution in [2.45, 2.75) is 18.9 Å². The van der Waals surface area contributed by atoms with E-state index < -0.39 is 0 Å². The Balaban J connectivity index is 1.87. The fourth-order valence-corrected chi connectivity index (χ4v) is 2.93. The van der Waals surface area contributed by atoms with E-state index in [4.69, 9.17) is 0 Å². The summed E-state index contributed by atoms with van der Waals surface area (Å²) in [5, 5.41) is 14.1. The second kappa shape index (κ2) is 4.31. The highest BCUT2D eigenvalue weighted by atomic mass is 32.1. The molecule has 1 unspecified atom stereocenters. The molecule has 16 heavy (non-hydrogen) atoms. The zero-order valence-electron chi connectivity index (χ0n) is 8.89. The van der Waals surface area contributed by atoms with Crippen molar-refractivity contribution in [3.63, 3.8) is 0 Å². The molecule has 1 aromatic carbocycles. The molecule has 0 aliphatic carbocycles. The number of benzene rings is 1. The van der Waals surface area contributed by atoms with Crippen molar-refractivity contribution in [3.8, 4) is 10.6 Å². The lowest BCUT2D eigenvalue weighted by Gasteiger charge is -2.02. The maximum atomic E-state index is 4.28. The highest BCUT2D eigenvalue weighted by Crippen LogP contribution is 2.30. The van der Waals surface area contributed by atoms with Gasteiger partial charge in [-0.05, 0) is 19.4 Å². The minimum Gasteiger partial charge on any atom is -0.308 e. The molecule has 0 amide bonds. The summed E-state index contributed by atoms with van der Waals surface area (Å²) in [5.74, 6) is 0. The highest BCUT2D eigenvalue weighted by Gasteiger charge is 2.20. The summed E-state index contributed by atoms with van der Waals surface area (Å²) in [5.41, 5.74) is 1.16. The third kappa shape index (κ3) is 1.86. The Kier molecular flexibility index (Phi) is 2.68. The molecule has 0 saturated carbocycles. The van der Waals surface area contributed by atoms with E-state index in [0.29, 0.717) is 6.04 Å². The van der Waals surface area contributed by atoms with E-state index in [0.717, 1.165) is 22.1 Å². The van der Waals surface area contributed by atoms with Gasteiger partial charge in [0.1, 0.15) is 10.0 Å². The lowest BCUT2D eigenvalue weighted by atomic mass is 10.2. The molecule has 1 aliphatic rings. The van der Waals surface area contributed by atoms with E-state index in [9.17, 15) is 0 Å². The van der Waals surface area contributed by atoms with E-state index in [1.54, 1.807) is 11.3 Å². The van der Waals surface area contributed by atoms with Crippen LogP contribution in [0.4, 0.5) is 0 Å². The molecule has 1 fully saturated rings. The fraction of sp³-hybridized carbons (Fsp3) is 0.333. The van der Waals surface area contributed by atoms with Gasteiger partial charge in [0, 0.05) is 5.56 Å². The average molecular weight is 231 g/mol. The van der Waals surface area contributed by atoms with Crippen molar-refractivity contribution in [2.24, 2.45) is 0 Å². The van der Waals surface area contributed by atoms with Crippen LogP contribution in [0.3, 0.4) is 0 Å². The number of aromatic nitrogens is 2.